The molecule has 4 aromatic rings. The van der Waals surface area contributed by atoms with E-state index in [0.29, 0.717) is 5.56 Å². The van der Waals surface area contributed by atoms with Crippen LogP contribution in [0.2, 0.25) is 0 Å². The molecule has 0 spiro atoms. The van der Waals surface area contributed by atoms with Crippen LogP contribution in [0.1, 0.15) is 30.5 Å². The lowest BCUT2D eigenvalue weighted by Gasteiger charge is -2.30. The van der Waals surface area contributed by atoms with Gasteiger partial charge in [-0.1, -0.05) is 93.2 Å². The van der Waals surface area contributed by atoms with E-state index in [1.165, 1.54) is 22.3 Å². The molecule has 162 valence electrons. The van der Waals surface area contributed by atoms with E-state index in [-0.39, 0.29) is 11.0 Å². The third kappa shape index (κ3) is 3.25. The van der Waals surface area contributed by atoms with E-state index in [9.17, 15) is 9.90 Å². The summed E-state index contributed by atoms with van der Waals surface area (Å²) in [6, 6.07) is 32.6. The van der Waals surface area contributed by atoms with Crippen LogP contribution >= 0.6 is 0 Å². The van der Waals surface area contributed by atoms with Crippen molar-refractivity contribution < 1.29 is 9.90 Å². The minimum atomic E-state index is -1.03. The molecule has 0 aliphatic heterocycles. The topological polar surface area (TPSA) is 40.5 Å². The number of rotatable bonds is 5. The van der Waals surface area contributed by atoms with E-state index in [2.05, 4.69) is 67.8 Å². The molecule has 0 aromatic heterocycles. The smallest absolute Gasteiger partial charge is 0.335 e. The van der Waals surface area contributed by atoms with Gasteiger partial charge in [-0.3, -0.25) is 0 Å². The van der Waals surface area contributed by atoms with Gasteiger partial charge in [-0.15, -0.1) is 0 Å². The lowest BCUT2D eigenvalue weighted by Crippen LogP contribution is -2.16. The highest BCUT2D eigenvalue weighted by Crippen LogP contribution is 2.54. The largest absolute Gasteiger partial charge is 0.478 e. The van der Waals surface area contributed by atoms with Crippen molar-refractivity contribution in [3.8, 4) is 11.1 Å². The molecule has 33 heavy (non-hydrogen) atoms. The van der Waals surface area contributed by atoms with Crippen molar-refractivity contribution in [1.82, 2.24) is 0 Å². The Labute approximate surface area is 194 Å². The zero-order valence-corrected chi connectivity index (χ0v) is 18.7. The van der Waals surface area contributed by atoms with Crippen molar-refractivity contribution >= 4 is 28.6 Å². The number of anilines is 3. The Morgan fingerprint density at radius 1 is 0.758 bits per heavy atom. The Morgan fingerprint density at radius 3 is 2.12 bits per heavy atom. The summed E-state index contributed by atoms with van der Waals surface area (Å²) in [5.74, 6) is -1.03. The predicted molar refractivity (Wildman–Crippen MR) is 135 cm³/mol. The van der Waals surface area contributed by atoms with E-state index in [0.717, 1.165) is 17.1 Å². The Kier molecular flexibility index (Phi) is 4.90. The van der Waals surface area contributed by atoms with E-state index in [1.807, 2.05) is 54.6 Å². The maximum absolute atomic E-state index is 11.9. The van der Waals surface area contributed by atoms with E-state index < -0.39 is 5.97 Å². The maximum atomic E-state index is 11.9. The second-order valence-corrected chi connectivity index (χ2v) is 8.84. The number of benzene rings is 4. The third-order valence-electron chi connectivity index (χ3n) is 6.57. The summed E-state index contributed by atoms with van der Waals surface area (Å²) in [4.78, 5) is 14.0. The zero-order chi connectivity index (χ0) is 23.2. The first-order valence-corrected chi connectivity index (χ1v) is 11.0. The van der Waals surface area contributed by atoms with Gasteiger partial charge in [0.15, 0.2) is 0 Å². The highest BCUT2D eigenvalue weighted by molar-refractivity contribution is 6.17. The molecule has 0 bridgehead atoms. The van der Waals surface area contributed by atoms with Gasteiger partial charge in [0.1, 0.15) is 0 Å². The van der Waals surface area contributed by atoms with Crippen molar-refractivity contribution in [3.63, 3.8) is 0 Å². The highest BCUT2D eigenvalue weighted by atomic mass is 16.4. The fourth-order valence-electron chi connectivity index (χ4n) is 4.95. The quantitative estimate of drug-likeness (QED) is 0.331. The zero-order valence-electron chi connectivity index (χ0n) is 18.7. The number of para-hydroxylation sites is 2. The number of fused-ring (bicyclic) bond motifs is 3. The molecule has 1 aliphatic rings. The number of aliphatic carboxylic acids is 1. The predicted octanol–water partition coefficient (Wildman–Crippen LogP) is 7.56. The number of hydrogen-bond acceptors (Lipinski definition) is 2. The van der Waals surface area contributed by atoms with Gasteiger partial charge in [-0.2, -0.15) is 0 Å². The van der Waals surface area contributed by atoms with Crippen LogP contribution in [0.3, 0.4) is 0 Å². The van der Waals surface area contributed by atoms with Crippen molar-refractivity contribution in [2.24, 2.45) is 0 Å². The SMILES string of the molecule is C=C(C(=O)O)c1ccccc1N(c1ccccc1)c1cccc2c1-c1ccccc1C2(C)C. The minimum absolute atomic E-state index is 0.0693. The molecule has 0 amide bonds. The normalized spacial score (nSPS) is 13.2. The highest BCUT2D eigenvalue weighted by Gasteiger charge is 2.37. The summed E-state index contributed by atoms with van der Waals surface area (Å²) >= 11 is 0. The molecule has 0 saturated heterocycles. The Bertz CT molecular complexity index is 1390. The first-order chi connectivity index (χ1) is 15.9. The van der Waals surface area contributed by atoms with Crippen LogP contribution in [0.5, 0.6) is 0 Å². The first-order valence-electron chi connectivity index (χ1n) is 11.0. The van der Waals surface area contributed by atoms with Gasteiger partial charge in [0.25, 0.3) is 0 Å². The van der Waals surface area contributed by atoms with Gasteiger partial charge in [-0.05, 0) is 41.0 Å². The van der Waals surface area contributed by atoms with E-state index >= 15 is 0 Å². The van der Waals surface area contributed by atoms with Crippen LogP contribution < -0.4 is 4.90 Å². The molecule has 0 saturated carbocycles. The summed E-state index contributed by atoms with van der Waals surface area (Å²) in [7, 11) is 0. The monoisotopic (exact) mass is 431 g/mol. The van der Waals surface area contributed by atoms with E-state index in [1.54, 1.807) is 0 Å². The number of nitrogens with zero attached hydrogens (tertiary/aromatic N) is 1. The van der Waals surface area contributed by atoms with Gasteiger partial charge < -0.3 is 10.0 Å². The lowest BCUT2D eigenvalue weighted by molar-refractivity contribution is -0.130. The summed E-state index contributed by atoms with van der Waals surface area (Å²) in [6.45, 7) is 8.38. The number of hydrogen-bond donors (Lipinski definition) is 1. The van der Waals surface area contributed by atoms with Crippen molar-refractivity contribution in [2.75, 3.05) is 4.90 Å². The summed E-state index contributed by atoms with van der Waals surface area (Å²) in [5.41, 5.74) is 8.24. The Hall–Kier alpha value is -4.11. The maximum Gasteiger partial charge on any atom is 0.335 e. The van der Waals surface area contributed by atoms with Gasteiger partial charge in [-0.25, -0.2) is 4.79 Å². The molecule has 0 radical (unpaired) electrons. The van der Waals surface area contributed by atoms with E-state index in [4.69, 9.17) is 0 Å². The standard InChI is InChI=1S/C30H25NO2/c1-20(29(32)33)22-14-8-10-18-26(22)31(21-12-5-4-6-13-21)27-19-11-17-25-28(27)23-15-7-9-16-24(23)30(25,2)3/h4-19H,1H2,2-3H3,(H,32,33). The van der Waals surface area contributed by atoms with Crippen LogP contribution in [-0.4, -0.2) is 11.1 Å². The Morgan fingerprint density at radius 2 is 1.36 bits per heavy atom. The summed E-state index contributed by atoms with van der Waals surface area (Å²) in [5, 5.41) is 9.72. The van der Waals surface area contributed by atoms with Gasteiger partial charge in [0.05, 0.1) is 16.9 Å². The first kappa shape index (κ1) is 20.8. The molecule has 0 unspecified atom stereocenters. The van der Waals surface area contributed by atoms with Crippen LogP contribution in [0, 0.1) is 0 Å². The average molecular weight is 432 g/mol. The molecule has 1 N–H and O–H groups in total. The fourth-order valence-corrected chi connectivity index (χ4v) is 4.95. The third-order valence-corrected chi connectivity index (χ3v) is 6.57. The second-order valence-electron chi connectivity index (χ2n) is 8.84. The molecule has 0 heterocycles. The molecular weight excluding hydrogens is 406 g/mol. The fraction of sp³-hybridized carbons (Fsp3) is 0.100. The number of carboxylic acid groups (broad SMARTS) is 1. The van der Waals surface area contributed by atoms with Crippen LogP contribution in [0.25, 0.3) is 16.7 Å². The molecule has 3 heteroatoms. The van der Waals surface area contributed by atoms with Crippen LogP contribution in [0.4, 0.5) is 17.1 Å². The second kappa shape index (κ2) is 7.79. The van der Waals surface area contributed by atoms with Crippen LogP contribution in [0.15, 0.2) is 104 Å². The van der Waals surface area contributed by atoms with Crippen LogP contribution in [-0.2, 0) is 10.2 Å². The van der Waals surface area contributed by atoms with Crippen molar-refractivity contribution in [2.45, 2.75) is 19.3 Å². The molecule has 3 nitrogen and oxygen atoms in total. The number of carbonyl (C=O) groups is 1. The lowest BCUT2D eigenvalue weighted by atomic mass is 9.82. The molecule has 0 fully saturated rings. The van der Waals surface area contributed by atoms with Gasteiger partial charge >= 0.3 is 5.97 Å². The minimum Gasteiger partial charge on any atom is -0.478 e. The average Bonchev–Trinajstić information content (AvgIpc) is 3.08. The van der Waals surface area contributed by atoms with Crippen molar-refractivity contribution in [1.29, 1.82) is 0 Å². The summed E-state index contributed by atoms with van der Waals surface area (Å²) < 4.78 is 0. The molecule has 0 atom stereocenters. The number of carboxylic acids is 1. The van der Waals surface area contributed by atoms with Crippen molar-refractivity contribution in [3.05, 3.63) is 120 Å². The Balaban J connectivity index is 1.84. The van der Waals surface area contributed by atoms with Gasteiger partial charge in [0, 0.05) is 22.2 Å². The molecule has 5 rings (SSSR count). The van der Waals surface area contributed by atoms with Gasteiger partial charge in [0.2, 0.25) is 0 Å². The molecule has 4 aromatic carbocycles. The summed E-state index contributed by atoms with van der Waals surface area (Å²) in [6.07, 6.45) is 0. The molecule has 1 aliphatic carbocycles. The molecular formula is C30H25NO2.